The molecule has 4 heteroatoms. The monoisotopic (exact) mass is 285 g/mol. The number of rotatable bonds is 6. The number of aromatic nitrogens is 1. The van der Waals surface area contributed by atoms with Crippen LogP contribution in [0.3, 0.4) is 0 Å². The molecule has 0 aliphatic heterocycles. The molecule has 21 heavy (non-hydrogen) atoms. The molecule has 2 atom stereocenters. The minimum Gasteiger partial charge on any atom is -0.497 e. The lowest BCUT2D eigenvalue weighted by molar-refractivity contribution is 0.219. The minimum atomic E-state index is -0.0391. The number of nitrogens with two attached hydrogens (primary N) is 1. The second-order valence-corrected chi connectivity index (χ2v) is 5.31. The standard InChI is InChI=1S/C17H23N3O/c1-13(20(2)12-14-8-10-19-11-9-14)17(18)15-4-6-16(21-3)7-5-15/h4-11,13,17H,12,18H2,1-3H3. The first-order valence-corrected chi connectivity index (χ1v) is 7.10. The van der Waals surface area contributed by atoms with Crippen LogP contribution in [-0.2, 0) is 6.54 Å². The molecule has 2 rings (SSSR count). The van der Waals surface area contributed by atoms with Gasteiger partial charge in [-0.15, -0.1) is 0 Å². The first-order chi connectivity index (χ1) is 10.1. The molecule has 0 radical (unpaired) electrons. The van der Waals surface area contributed by atoms with Gasteiger partial charge < -0.3 is 10.5 Å². The summed E-state index contributed by atoms with van der Waals surface area (Å²) in [6.45, 7) is 3.00. The fourth-order valence-electron chi connectivity index (χ4n) is 2.30. The van der Waals surface area contributed by atoms with Crippen LogP contribution in [0.2, 0.25) is 0 Å². The molecule has 112 valence electrons. The molecule has 0 bridgehead atoms. The van der Waals surface area contributed by atoms with Crippen molar-refractivity contribution in [2.75, 3.05) is 14.2 Å². The maximum absolute atomic E-state index is 6.39. The van der Waals surface area contributed by atoms with Crippen molar-refractivity contribution in [3.63, 3.8) is 0 Å². The van der Waals surface area contributed by atoms with E-state index in [-0.39, 0.29) is 12.1 Å². The highest BCUT2D eigenvalue weighted by molar-refractivity contribution is 5.29. The van der Waals surface area contributed by atoms with Gasteiger partial charge in [0.2, 0.25) is 0 Å². The van der Waals surface area contributed by atoms with Crippen molar-refractivity contribution in [2.45, 2.75) is 25.6 Å². The summed E-state index contributed by atoms with van der Waals surface area (Å²) >= 11 is 0. The molecule has 2 N–H and O–H groups in total. The summed E-state index contributed by atoms with van der Waals surface area (Å²) in [5.74, 6) is 0.851. The average molecular weight is 285 g/mol. The zero-order chi connectivity index (χ0) is 15.2. The van der Waals surface area contributed by atoms with Gasteiger partial charge in [0.25, 0.3) is 0 Å². The lowest BCUT2D eigenvalue weighted by atomic mass is 10.00. The number of methoxy groups -OCH3 is 1. The molecule has 0 saturated heterocycles. The number of benzene rings is 1. The van der Waals surface area contributed by atoms with Gasteiger partial charge in [-0.25, -0.2) is 0 Å². The predicted molar refractivity (Wildman–Crippen MR) is 85.1 cm³/mol. The van der Waals surface area contributed by atoms with E-state index in [2.05, 4.69) is 23.9 Å². The van der Waals surface area contributed by atoms with Crippen LogP contribution < -0.4 is 10.5 Å². The van der Waals surface area contributed by atoms with Crippen molar-refractivity contribution in [3.8, 4) is 5.75 Å². The first-order valence-electron chi connectivity index (χ1n) is 7.10. The third-order valence-electron chi connectivity index (χ3n) is 3.90. The Morgan fingerprint density at radius 1 is 1.14 bits per heavy atom. The Labute approximate surface area is 126 Å². The average Bonchev–Trinajstić information content (AvgIpc) is 2.54. The lowest BCUT2D eigenvalue weighted by Crippen LogP contribution is -2.37. The largest absolute Gasteiger partial charge is 0.497 e. The predicted octanol–water partition coefficient (Wildman–Crippen LogP) is 2.61. The van der Waals surface area contributed by atoms with Crippen molar-refractivity contribution in [2.24, 2.45) is 5.73 Å². The molecule has 2 unspecified atom stereocenters. The Bertz CT molecular complexity index is 542. The molecule has 0 aliphatic carbocycles. The molecule has 1 heterocycles. The van der Waals surface area contributed by atoms with E-state index < -0.39 is 0 Å². The Balaban J connectivity index is 2.01. The molecule has 0 spiro atoms. The van der Waals surface area contributed by atoms with Crippen molar-refractivity contribution in [3.05, 3.63) is 59.9 Å². The molecule has 0 aliphatic rings. The molecular weight excluding hydrogens is 262 g/mol. The van der Waals surface area contributed by atoms with E-state index in [1.165, 1.54) is 5.56 Å². The molecule has 0 saturated carbocycles. The van der Waals surface area contributed by atoms with E-state index >= 15 is 0 Å². The Kier molecular flexibility index (Phi) is 5.31. The summed E-state index contributed by atoms with van der Waals surface area (Å²) in [5, 5.41) is 0. The number of ether oxygens (including phenoxy) is 1. The van der Waals surface area contributed by atoms with Crippen LogP contribution in [0.4, 0.5) is 0 Å². The van der Waals surface area contributed by atoms with E-state index in [9.17, 15) is 0 Å². The van der Waals surface area contributed by atoms with E-state index in [0.29, 0.717) is 0 Å². The van der Waals surface area contributed by atoms with E-state index in [0.717, 1.165) is 17.9 Å². The SMILES string of the molecule is COc1ccc(C(N)C(C)N(C)Cc2ccncc2)cc1. The van der Waals surface area contributed by atoms with Crippen LogP contribution in [0.5, 0.6) is 5.75 Å². The Morgan fingerprint density at radius 3 is 2.33 bits per heavy atom. The second kappa shape index (κ2) is 7.20. The van der Waals surface area contributed by atoms with Crippen LogP contribution in [0.1, 0.15) is 24.1 Å². The highest BCUT2D eigenvalue weighted by atomic mass is 16.5. The number of pyridine rings is 1. The van der Waals surface area contributed by atoms with Gasteiger partial charge in [0.05, 0.1) is 7.11 Å². The van der Waals surface area contributed by atoms with E-state index in [4.69, 9.17) is 10.5 Å². The zero-order valence-corrected chi connectivity index (χ0v) is 12.9. The molecule has 2 aromatic rings. The summed E-state index contributed by atoms with van der Waals surface area (Å²) in [4.78, 5) is 6.30. The zero-order valence-electron chi connectivity index (χ0n) is 12.9. The fraction of sp³-hybridized carbons (Fsp3) is 0.353. The van der Waals surface area contributed by atoms with Gasteiger partial charge in [-0.05, 0) is 49.4 Å². The van der Waals surface area contributed by atoms with Crippen molar-refractivity contribution in [1.29, 1.82) is 0 Å². The third-order valence-corrected chi connectivity index (χ3v) is 3.90. The van der Waals surface area contributed by atoms with Gasteiger partial charge in [-0.3, -0.25) is 9.88 Å². The van der Waals surface area contributed by atoms with Crippen LogP contribution in [0, 0.1) is 0 Å². The summed E-state index contributed by atoms with van der Waals surface area (Å²) < 4.78 is 5.18. The molecular formula is C17H23N3O. The first kappa shape index (κ1) is 15.5. The van der Waals surface area contributed by atoms with Gasteiger partial charge in [0, 0.05) is 31.0 Å². The summed E-state index contributed by atoms with van der Waals surface area (Å²) in [7, 11) is 3.76. The van der Waals surface area contributed by atoms with Crippen LogP contribution in [0.15, 0.2) is 48.8 Å². The van der Waals surface area contributed by atoms with Crippen LogP contribution in [0.25, 0.3) is 0 Å². The van der Waals surface area contributed by atoms with Crippen molar-refractivity contribution >= 4 is 0 Å². The summed E-state index contributed by atoms with van der Waals surface area (Å²) in [5.41, 5.74) is 8.74. The maximum atomic E-state index is 6.39. The number of nitrogens with zero attached hydrogens (tertiary/aromatic N) is 2. The van der Waals surface area contributed by atoms with Gasteiger partial charge in [0.15, 0.2) is 0 Å². The molecule has 4 nitrogen and oxygen atoms in total. The minimum absolute atomic E-state index is 0.0391. The summed E-state index contributed by atoms with van der Waals surface area (Å²) in [6, 6.07) is 12.2. The van der Waals surface area contributed by atoms with Gasteiger partial charge >= 0.3 is 0 Å². The normalized spacial score (nSPS) is 14.0. The molecule has 1 aromatic carbocycles. The highest BCUT2D eigenvalue weighted by Crippen LogP contribution is 2.21. The molecule has 1 aromatic heterocycles. The summed E-state index contributed by atoms with van der Waals surface area (Å²) in [6.07, 6.45) is 3.63. The quantitative estimate of drug-likeness (QED) is 0.886. The van der Waals surface area contributed by atoms with Gasteiger partial charge in [-0.1, -0.05) is 12.1 Å². The Morgan fingerprint density at radius 2 is 1.76 bits per heavy atom. The second-order valence-electron chi connectivity index (χ2n) is 5.31. The fourth-order valence-corrected chi connectivity index (χ4v) is 2.30. The van der Waals surface area contributed by atoms with Crippen LogP contribution in [-0.4, -0.2) is 30.1 Å². The number of hydrogen-bond acceptors (Lipinski definition) is 4. The molecule has 0 amide bonds. The van der Waals surface area contributed by atoms with Crippen molar-refractivity contribution < 1.29 is 4.74 Å². The van der Waals surface area contributed by atoms with Gasteiger partial charge in [-0.2, -0.15) is 0 Å². The smallest absolute Gasteiger partial charge is 0.118 e. The third kappa shape index (κ3) is 4.03. The van der Waals surface area contributed by atoms with Crippen molar-refractivity contribution in [1.82, 2.24) is 9.88 Å². The lowest BCUT2D eigenvalue weighted by Gasteiger charge is -2.30. The highest BCUT2D eigenvalue weighted by Gasteiger charge is 2.19. The maximum Gasteiger partial charge on any atom is 0.118 e. The topological polar surface area (TPSA) is 51.4 Å². The number of likely N-dealkylation sites (N-methyl/N-ethyl adjacent to an activating group) is 1. The van der Waals surface area contributed by atoms with E-state index in [1.54, 1.807) is 7.11 Å². The Hall–Kier alpha value is -1.91. The van der Waals surface area contributed by atoms with Gasteiger partial charge in [0.1, 0.15) is 5.75 Å². The van der Waals surface area contributed by atoms with Crippen LogP contribution >= 0.6 is 0 Å². The molecule has 0 fully saturated rings. The number of hydrogen-bond donors (Lipinski definition) is 1. The van der Waals surface area contributed by atoms with E-state index in [1.807, 2.05) is 48.8 Å².